The molecule has 0 radical (unpaired) electrons. The minimum absolute atomic E-state index is 0.462. The van der Waals surface area contributed by atoms with Gasteiger partial charge in [0, 0.05) is 0 Å². The van der Waals surface area contributed by atoms with E-state index in [0.717, 1.165) is 0 Å². The van der Waals surface area contributed by atoms with Crippen molar-refractivity contribution in [1.82, 2.24) is 5.32 Å². The molecule has 14 heavy (non-hydrogen) atoms. The van der Waals surface area contributed by atoms with Crippen molar-refractivity contribution in [2.45, 2.75) is 39.3 Å². The molecule has 0 saturated heterocycles. The van der Waals surface area contributed by atoms with Gasteiger partial charge in [0.05, 0.1) is 12.3 Å². The van der Waals surface area contributed by atoms with Gasteiger partial charge in [0.2, 0.25) is 0 Å². The van der Waals surface area contributed by atoms with E-state index in [1.807, 2.05) is 0 Å². The predicted molar refractivity (Wildman–Crippen MR) is 52.6 cm³/mol. The van der Waals surface area contributed by atoms with Crippen LogP contribution in [0.5, 0.6) is 0 Å². The quantitative estimate of drug-likeness (QED) is 0.670. The molecule has 0 aliphatic carbocycles. The highest BCUT2D eigenvalue weighted by atomic mass is 16.6. The average Bonchev–Trinajstić information content (AvgIpc) is 1.99. The van der Waals surface area contributed by atoms with Gasteiger partial charge in [-0.05, 0) is 27.7 Å². The van der Waals surface area contributed by atoms with E-state index in [9.17, 15) is 9.59 Å². The van der Waals surface area contributed by atoms with Crippen molar-refractivity contribution in [2.24, 2.45) is 0 Å². The van der Waals surface area contributed by atoms with Gasteiger partial charge in [-0.1, -0.05) is 0 Å². The highest BCUT2D eigenvalue weighted by Crippen LogP contribution is 2.06. The standard InChI is InChI=1S/C9H16N2O3/c1-6(7(12)5-10)11-8(13)14-9(2,3)4/h5-6,10H,1-4H3,(H,11,13). The summed E-state index contributed by atoms with van der Waals surface area (Å²) in [5, 5.41) is 9.02. The van der Waals surface area contributed by atoms with Gasteiger partial charge >= 0.3 is 6.09 Å². The molecule has 1 atom stereocenters. The highest BCUT2D eigenvalue weighted by Gasteiger charge is 2.19. The number of amides is 1. The molecule has 2 N–H and O–H groups in total. The second-order valence-electron chi connectivity index (χ2n) is 3.91. The molecule has 1 unspecified atom stereocenters. The van der Waals surface area contributed by atoms with Crippen LogP contribution in [0, 0.1) is 5.41 Å². The number of alkyl carbamates (subject to hydrolysis) is 1. The molecule has 0 aliphatic heterocycles. The van der Waals surface area contributed by atoms with Crippen LogP contribution in [0.15, 0.2) is 0 Å². The second-order valence-corrected chi connectivity index (χ2v) is 3.91. The summed E-state index contributed by atoms with van der Waals surface area (Å²) >= 11 is 0. The number of carbonyl (C=O) groups excluding carboxylic acids is 2. The van der Waals surface area contributed by atoms with Gasteiger partial charge in [0.1, 0.15) is 5.60 Å². The fourth-order valence-corrected chi connectivity index (χ4v) is 0.680. The Labute approximate surface area is 83.3 Å². The largest absolute Gasteiger partial charge is 0.444 e. The monoisotopic (exact) mass is 200 g/mol. The number of carbonyl (C=O) groups is 2. The van der Waals surface area contributed by atoms with Crippen molar-refractivity contribution in [3.63, 3.8) is 0 Å². The van der Waals surface area contributed by atoms with E-state index in [1.54, 1.807) is 20.8 Å². The summed E-state index contributed by atoms with van der Waals surface area (Å²) in [5.74, 6) is -0.462. The SMILES string of the molecule is CC(NC(=O)OC(C)(C)C)C(=O)C=N. The molecule has 0 spiro atoms. The molecule has 0 rings (SSSR count). The zero-order valence-electron chi connectivity index (χ0n) is 8.88. The van der Waals surface area contributed by atoms with Crippen LogP contribution >= 0.6 is 0 Å². The van der Waals surface area contributed by atoms with E-state index in [4.69, 9.17) is 10.1 Å². The normalized spacial score (nSPS) is 12.9. The summed E-state index contributed by atoms with van der Waals surface area (Å²) in [6.07, 6.45) is 0.0161. The minimum Gasteiger partial charge on any atom is -0.444 e. The van der Waals surface area contributed by atoms with E-state index in [-0.39, 0.29) is 0 Å². The zero-order chi connectivity index (χ0) is 11.4. The highest BCUT2D eigenvalue weighted by molar-refractivity contribution is 6.28. The molecule has 0 saturated carbocycles. The van der Waals surface area contributed by atoms with Gasteiger partial charge in [-0.15, -0.1) is 0 Å². The number of Topliss-reactive ketones (excluding diaryl/α,β-unsaturated/α-hetero) is 1. The van der Waals surface area contributed by atoms with Gasteiger partial charge in [0.15, 0.2) is 5.78 Å². The molecule has 0 bridgehead atoms. The molecular formula is C9H16N2O3. The maximum atomic E-state index is 11.1. The van der Waals surface area contributed by atoms with E-state index in [2.05, 4.69) is 5.32 Å². The molecule has 5 nitrogen and oxygen atoms in total. The van der Waals surface area contributed by atoms with Crippen molar-refractivity contribution in [3.8, 4) is 0 Å². The van der Waals surface area contributed by atoms with Crippen molar-refractivity contribution < 1.29 is 14.3 Å². The first-order chi connectivity index (χ1) is 6.26. The number of ether oxygens (including phenoxy) is 1. The topological polar surface area (TPSA) is 79.2 Å². The summed E-state index contributed by atoms with van der Waals surface area (Å²) in [5.41, 5.74) is -0.586. The first-order valence-corrected chi connectivity index (χ1v) is 4.30. The van der Waals surface area contributed by atoms with Crippen LogP contribution in [0.4, 0.5) is 4.79 Å². The van der Waals surface area contributed by atoms with Crippen molar-refractivity contribution in [1.29, 1.82) is 5.41 Å². The molecule has 5 heteroatoms. The Bertz CT molecular complexity index is 243. The Morgan fingerprint density at radius 3 is 2.29 bits per heavy atom. The van der Waals surface area contributed by atoms with Crippen LogP contribution in [0.25, 0.3) is 0 Å². The van der Waals surface area contributed by atoms with Crippen LogP contribution in [0.1, 0.15) is 27.7 Å². The summed E-state index contributed by atoms with van der Waals surface area (Å²) in [4.78, 5) is 22.0. The van der Waals surface area contributed by atoms with Crippen LogP contribution < -0.4 is 5.32 Å². The third-order valence-corrected chi connectivity index (χ3v) is 1.30. The Kier molecular flexibility index (Phi) is 4.27. The van der Waals surface area contributed by atoms with Gasteiger partial charge in [0.25, 0.3) is 0 Å². The smallest absolute Gasteiger partial charge is 0.408 e. The number of ketones is 1. The lowest BCUT2D eigenvalue weighted by Gasteiger charge is -2.20. The van der Waals surface area contributed by atoms with Crippen molar-refractivity contribution in [3.05, 3.63) is 0 Å². The summed E-state index contributed by atoms with van der Waals surface area (Å²) < 4.78 is 4.93. The number of nitrogens with one attached hydrogen (secondary N) is 2. The third kappa shape index (κ3) is 5.29. The summed E-state index contributed by atoms with van der Waals surface area (Å²) in [7, 11) is 0. The van der Waals surface area contributed by atoms with E-state index < -0.39 is 23.5 Å². The van der Waals surface area contributed by atoms with Gasteiger partial charge in [-0.2, -0.15) is 0 Å². The predicted octanol–water partition coefficient (Wildman–Crippen LogP) is 1.12. The van der Waals surface area contributed by atoms with E-state index in [1.165, 1.54) is 6.92 Å². The van der Waals surface area contributed by atoms with Gasteiger partial charge < -0.3 is 15.5 Å². The molecule has 0 fully saturated rings. The lowest BCUT2D eigenvalue weighted by atomic mass is 10.2. The lowest BCUT2D eigenvalue weighted by molar-refractivity contribution is -0.114. The Hall–Kier alpha value is -1.39. The summed E-state index contributed by atoms with van der Waals surface area (Å²) in [6, 6.07) is -0.720. The molecule has 1 amide bonds. The molecule has 0 aromatic carbocycles. The van der Waals surface area contributed by atoms with Gasteiger partial charge in [-0.3, -0.25) is 4.79 Å². The second kappa shape index (κ2) is 4.74. The summed E-state index contributed by atoms with van der Waals surface area (Å²) in [6.45, 7) is 6.69. The number of rotatable bonds is 3. The molecular weight excluding hydrogens is 184 g/mol. The Morgan fingerprint density at radius 1 is 1.43 bits per heavy atom. The van der Waals surface area contributed by atoms with E-state index in [0.29, 0.717) is 6.21 Å². The number of hydrogen-bond acceptors (Lipinski definition) is 4. The maximum Gasteiger partial charge on any atom is 0.408 e. The lowest BCUT2D eigenvalue weighted by Crippen LogP contribution is -2.42. The molecule has 0 heterocycles. The van der Waals surface area contributed by atoms with Crippen molar-refractivity contribution >= 4 is 18.1 Å². The molecule has 0 aromatic heterocycles. The van der Waals surface area contributed by atoms with Crippen molar-refractivity contribution in [2.75, 3.05) is 0 Å². The Morgan fingerprint density at radius 2 is 1.93 bits per heavy atom. The average molecular weight is 200 g/mol. The van der Waals surface area contributed by atoms with Crippen LogP contribution in [-0.2, 0) is 9.53 Å². The van der Waals surface area contributed by atoms with Gasteiger partial charge in [-0.25, -0.2) is 4.79 Å². The van der Waals surface area contributed by atoms with Crippen LogP contribution in [0.2, 0.25) is 0 Å². The number of hydrogen-bond donors (Lipinski definition) is 2. The zero-order valence-corrected chi connectivity index (χ0v) is 8.88. The molecule has 0 aromatic rings. The first kappa shape index (κ1) is 12.6. The third-order valence-electron chi connectivity index (χ3n) is 1.30. The van der Waals surface area contributed by atoms with Crippen LogP contribution in [0.3, 0.4) is 0 Å². The molecule has 0 aliphatic rings. The van der Waals surface area contributed by atoms with E-state index >= 15 is 0 Å². The van der Waals surface area contributed by atoms with Crippen LogP contribution in [-0.4, -0.2) is 29.7 Å². The Balaban J connectivity index is 4.07. The fraction of sp³-hybridized carbons (Fsp3) is 0.667. The fourth-order valence-electron chi connectivity index (χ4n) is 0.680. The molecule has 80 valence electrons. The maximum absolute atomic E-state index is 11.1. The first-order valence-electron chi connectivity index (χ1n) is 4.30. The minimum atomic E-state index is -0.720.